The molecule has 1 rings (SSSR count). The van der Waals surface area contributed by atoms with Gasteiger partial charge < -0.3 is 4.98 Å². The van der Waals surface area contributed by atoms with Crippen LogP contribution in [0.2, 0.25) is 0 Å². The van der Waals surface area contributed by atoms with Gasteiger partial charge in [-0.3, -0.25) is 0 Å². The van der Waals surface area contributed by atoms with Crippen molar-refractivity contribution in [1.29, 1.82) is 0 Å². The fourth-order valence-corrected chi connectivity index (χ4v) is 1.34. The number of rotatable bonds is 2. The molecule has 0 aliphatic rings. The molecule has 0 aromatic carbocycles. The summed E-state index contributed by atoms with van der Waals surface area (Å²) in [5.41, 5.74) is 1.02. The summed E-state index contributed by atoms with van der Waals surface area (Å²) in [6.07, 6.45) is 8.48. The number of thiol groups is 1. The first-order valence-corrected chi connectivity index (χ1v) is 4.44. The molecule has 0 fully saturated rings. The lowest BCUT2D eigenvalue weighted by molar-refractivity contribution is 0.921. The van der Waals surface area contributed by atoms with E-state index in [1.807, 2.05) is 12.3 Å². The average molecular weight is 195 g/mol. The fraction of sp³-hybridized carbons (Fsp3) is 0.222. The normalized spacial score (nSPS) is 9.33. The van der Waals surface area contributed by atoms with E-state index in [1.165, 1.54) is 0 Å². The van der Waals surface area contributed by atoms with Crippen molar-refractivity contribution in [1.82, 2.24) is 4.98 Å². The third-order valence-electron chi connectivity index (χ3n) is 1.53. The summed E-state index contributed by atoms with van der Waals surface area (Å²) in [5.74, 6) is 2.57. The van der Waals surface area contributed by atoms with Crippen LogP contribution in [-0.4, -0.2) is 4.98 Å². The molecule has 0 aliphatic heterocycles. The average Bonchev–Trinajstić information content (AvgIpc) is 2.08. The summed E-state index contributed by atoms with van der Waals surface area (Å²) in [5, 5.41) is 0. The quantitative estimate of drug-likeness (QED) is 0.421. The number of hydrogen-bond acceptors (Lipinski definition) is 2. The van der Waals surface area contributed by atoms with Crippen LogP contribution in [0.15, 0.2) is 17.2 Å². The molecule has 0 bridgehead atoms. The fourth-order valence-electron chi connectivity index (χ4n) is 0.902. The zero-order valence-electron chi connectivity index (χ0n) is 6.50. The second-order valence-electron chi connectivity index (χ2n) is 2.37. The molecule has 12 heavy (non-hydrogen) atoms. The van der Waals surface area contributed by atoms with Gasteiger partial charge in [0.1, 0.15) is 0 Å². The number of pyridine rings is 1. The second kappa shape index (κ2) is 4.34. The minimum absolute atomic E-state index is 0.711. The molecule has 3 heteroatoms. The number of aromatic amines is 1. The van der Waals surface area contributed by atoms with E-state index < -0.39 is 0 Å². The van der Waals surface area contributed by atoms with Crippen molar-refractivity contribution in [3.8, 4) is 12.3 Å². The van der Waals surface area contributed by atoms with Gasteiger partial charge in [-0.15, -0.1) is 25.0 Å². The molecule has 62 valence electrons. The third kappa shape index (κ3) is 2.13. The number of hydrogen-bond donors (Lipinski definition) is 2. The standard InChI is InChI=1S/C9H9NS2/c1-2-3-4-7-9(12)8(11)5-6-10-7/h1,5-6,12H,3-4H2,(H,10,11). The monoisotopic (exact) mass is 195 g/mol. The van der Waals surface area contributed by atoms with Crippen molar-refractivity contribution in [3.63, 3.8) is 0 Å². The van der Waals surface area contributed by atoms with Gasteiger partial charge in [-0.05, 0) is 12.5 Å². The van der Waals surface area contributed by atoms with E-state index in [4.69, 9.17) is 18.6 Å². The van der Waals surface area contributed by atoms with E-state index in [0.717, 1.165) is 21.5 Å². The first kappa shape index (κ1) is 9.37. The van der Waals surface area contributed by atoms with Crippen LogP contribution in [0.25, 0.3) is 0 Å². The molecule has 0 saturated carbocycles. The molecule has 0 saturated heterocycles. The van der Waals surface area contributed by atoms with Crippen LogP contribution >= 0.6 is 24.8 Å². The van der Waals surface area contributed by atoms with Crippen LogP contribution in [-0.2, 0) is 6.42 Å². The second-order valence-corrected chi connectivity index (χ2v) is 3.26. The lowest BCUT2D eigenvalue weighted by atomic mass is 10.2. The van der Waals surface area contributed by atoms with Crippen LogP contribution < -0.4 is 0 Å². The Bertz CT molecular complexity index is 360. The third-order valence-corrected chi connectivity index (χ3v) is 2.53. The molecule has 0 atom stereocenters. The summed E-state index contributed by atoms with van der Waals surface area (Å²) in [4.78, 5) is 3.91. The van der Waals surface area contributed by atoms with Crippen LogP contribution in [0, 0.1) is 16.9 Å². The minimum Gasteiger partial charge on any atom is -0.364 e. The van der Waals surface area contributed by atoms with Crippen molar-refractivity contribution in [2.24, 2.45) is 0 Å². The Morgan fingerprint density at radius 1 is 1.67 bits per heavy atom. The molecule has 1 aromatic rings. The zero-order chi connectivity index (χ0) is 8.97. The lowest BCUT2D eigenvalue weighted by Crippen LogP contribution is -1.90. The number of aryl methyl sites for hydroxylation is 1. The Hall–Kier alpha value is -0.720. The maximum absolute atomic E-state index is 5.15. The molecule has 0 spiro atoms. The molecule has 0 unspecified atom stereocenters. The van der Waals surface area contributed by atoms with E-state index in [9.17, 15) is 0 Å². The summed E-state index contributed by atoms with van der Waals surface area (Å²) in [6.45, 7) is 0. The Morgan fingerprint density at radius 2 is 2.42 bits per heavy atom. The van der Waals surface area contributed by atoms with Crippen molar-refractivity contribution >= 4 is 24.8 Å². The molecule has 1 N–H and O–H groups in total. The predicted molar refractivity (Wildman–Crippen MR) is 56.0 cm³/mol. The van der Waals surface area contributed by atoms with Crippen molar-refractivity contribution < 1.29 is 0 Å². The molecule has 0 radical (unpaired) electrons. The maximum Gasteiger partial charge on any atom is 0.0542 e. The molecule has 0 aliphatic carbocycles. The van der Waals surface area contributed by atoms with Crippen LogP contribution in [0.1, 0.15) is 12.1 Å². The van der Waals surface area contributed by atoms with Gasteiger partial charge in [0.15, 0.2) is 0 Å². The highest BCUT2D eigenvalue weighted by Gasteiger charge is 1.98. The minimum atomic E-state index is 0.711. The predicted octanol–water partition coefficient (Wildman–Crippen LogP) is 2.60. The number of terminal acetylenes is 1. The van der Waals surface area contributed by atoms with Crippen molar-refractivity contribution in [2.75, 3.05) is 0 Å². The maximum atomic E-state index is 5.15. The van der Waals surface area contributed by atoms with Gasteiger partial charge in [0.25, 0.3) is 0 Å². The highest BCUT2D eigenvalue weighted by molar-refractivity contribution is 7.81. The van der Waals surface area contributed by atoms with Gasteiger partial charge in [0.2, 0.25) is 0 Å². The smallest absolute Gasteiger partial charge is 0.0542 e. The molecule has 1 nitrogen and oxygen atoms in total. The van der Waals surface area contributed by atoms with E-state index >= 15 is 0 Å². The molecular weight excluding hydrogens is 186 g/mol. The largest absolute Gasteiger partial charge is 0.364 e. The van der Waals surface area contributed by atoms with Crippen molar-refractivity contribution in [3.05, 3.63) is 22.5 Å². The molecule has 1 heterocycles. The molecular formula is C9H9NS2. The lowest BCUT2D eigenvalue weighted by Gasteiger charge is -2.01. The van der Waals surface area contributed by atoms with Gasteiger partial charge in [0.05, 0.1) is 4.51 Å². The van der Waals surface area contributed by atoms with E-state index in [0.29, 0.717) is 6.42 Å². The van der Waals surface area contributed by atoms with E-state index in [2.05, 4.69) is 23.5 Å². The highest BCUT2D eigenvalue weighted by Crippen LogP contribution is 2.13. The Balaban J connectivity index is 2.94. The van der Waals surface area contributed by atoms with Crippen LogP contribution in [0.4, 0.5) is 0 Å². The van der Waals surface area contributed by atoms with E-state index in [1.54, 1.807) is 0 Å². The zero-order valence-corrected chi connectivity index (χ0v) is 8.21. The van der Waals surface area contributed by atoms with Gasteiger partial charge in [-0.25, -0.2) is 0 Å². The first-order chi connectivity index (χ1) is 5.75. The number of nitrogens with one attached hydrogen (secondary N) is 1. The van der Waals surface area contributed by atoms with Crippen LogP contribution in [0.3, 0.4) is 0 Å². The molecule has 0 amide bonds. The van der Waals surface area contributed by atoms with Gasteiger partial charge in [-0.1, -0.05) is 12.2 Å². The number of aromatic nitrogens is 1. The summed E-state index contributed by atoms with van der Waals surface area (Å²) in [6, 6.07) is 1.82. The first-order valence-electron chi connectivity index (χ1n) is 3.58. The molecule has 1 aromatic heterocycles. The highest BCUT2D eigenvalue weighted by atomic mass is 32.1. The Morgan fingerprint density at radius 3 is 3.08 bits per heavy atom. The summed E-state index contributed by atoms with van der Waals surface area (Å²) >= 11 is 9.32. The van der Waals surface area contributed by atoms with Gasteiger partial charge in [0, 0.05) is 23.2 Å². The van der Waals surface area contributed by atoms with Crippen LogP contribution in [0.5, 0.6) is 0 Å². The Kier molecular flexibility index (Phi) is 3.39. The number of H-pyrrole nitrogens is 1. The Labute approximate surface area is 82.6 Å². The topological polar surface area (TPSA) is 15.8 Å². The van der Waals surface area contributed by atoms with E-state index in [-0.39, 0.29) is 0 Å². The van der Waals surface area contributed by atoms with Crippen molar-refractivity contribution in [2.45, 2.75) is 17.7 Å². The summed E-state index contributed by atoms with van der Waals surface area (Å²) in [7, 11) is 0. The van der Waals surface area contributed by atoms with Gasteiger partial charge >= 0.3 is 0 Å². The van der Waals surface area contributed by atoms with Gasteiger partial charge in [-0.2, -0.15) is 0 Å². The SMILES string of the molecule is C#CCCc1[nH]ccc(=S)c1S. The summed E-state index contributed by atoms with van der Waals surface area (Å²) < 4.78 is 0.768.